The Labute approximate surface area is 170 Å². The van der Waals surface area contributed by atoms with Crippen LogP contribution in [-0.2, 0) is 16.0 Å². The SMILES string of the molecule is O=C1CC(N2CCN(CCCc3ccccc3)CC2)C(=O)N1c1ccc(F)cc1. The molecule has 2 heterocycles. The van der Waals surface area contributed by atoms with Gasteiger partial charge >= 0.3 is 0 Å². The van der Waals surface area contributed by atoms with Crippen molar-refractivity contribution in [3.63, 3.8) is 0 Å². The lowest BCUT2D eigenvalue weighted by Gasteiger charge is -2.37. The number of carbonyl (C=O) groups excluding carboxylic acids is 2. The Morgan fingerprint density at radius 3 is 2.28 bits per heavy atom. The molecule has 6 heteroatoms. The Kier molecular flexibility index (Phi) is 6.02. The number of imide groups is 1. The van der Waals surface area contributed by atoms with E-state index in [4.69, 9.17) is 0 Å². The van der Waals surface area contributed by atoms with E-state index in [9.17, 15) is 14.0 Å². The molecule has 2 saturated heterocycles. The Morgan fingerprint density at radius 1 is 0.897 bits per heavy atom. The lowest BCUT2D eigenvalue weighted by Crippen LogP contribution is -2.52. The largest absolute Gasteiger partial charge is 0.301 e. The molecule has 2 amide bonds. The number of rotatable bonds is 6. The predicted molar refractivity (Wildman–Crippen MR) is 110 cm³/mol. The predicted octanol–water partition coefficient (Wildman–Crippen LogP) is 2.71. The maximum Gasteiger partial charge on any atom is 0.251 e. The summed E-state index contributed by atoms with van der Waals surface area (Å²) in [5.74, 6) is -0.788. The van der Waals surface area contributed by atoms with Gasteiger partial charge in [0.2, 0.25) is 5.91 Å². The van der Waals surface area contributed by atoms with Gasteiger partial charge < -0.3 is 4.90 Å². The highest BCUT2D eigenvalue weighted by Gasteiger charge is 2.43. The van der Waals surface area contributed by atoms with Gasteiger partial charge in [-0.25, -0.2) is 9.29 Å². The molecule has 1 atom stereocenters. The molecule has 0 aliphatic carbocycles. The third-order valence-corrected chi connectivity index (χ3v) is 5.84. The first kappa shape index (κ1) is 19.7. The monoisotopic (exact) mass is 395 g/mol. The van der Waals surface area contributed by atoms with E-state index in [0.29, 0.717) is 5.69 Å². The minimum absolute atomic E-state index is 0.195. The number of hydrogen-bond donors (Lipinski definition) is 0. The summed E-state index contributed by atoms with van der Waals surface area (Å²) in [4.78, 5) is 31.1. The van der Waals surface area contributed by atoms with E-state index in [-0.39, 0.29) is 24.1 Å². The molecule has 0 radical (unpaired) electrons. The second kappa shape index (κ2) is 8.84. The molecule has 0 N–H and O–H groups in total. The second-order valence-electron chi connectivity index (χ2n) is 7.73. The molecule has 0 aromatic heterocycles. The van der Waals surface area contributed by atoms with Crippen molar-refractivity contribution in [2.45, 2.75) is 25.3 Å². The van der Waals surface area contributed by atoms with Gasteiger partial charge in [0, 0.05) is 26.2 Å². The van der Waals surface area contributed by atoms with Crippen LogP contribution in [0.2, 0.25) is 0 Å². The highest BCUT2D eigenvalue weighted by atomic mass is 19.1. The van der Waals surface area contributed by atoms with Crippen LogP contribution >= 0.6 is 0 Å². The average molecular weight is 395 g/mol. The van der Waals surface area contributed by atoms with E-state index in [2.05, 4.69) is 34.1 Å². The van der Waals surface area contributed by atoms with E-state index < -0.39 is 6.04 Å². The Balaban J connectivity index is 1.28. The van der Waals surface area contributed by atoms with Gasteiger partial charge in [-0.15, -0.1) is 0 Å². The normalized spacial score (nSPS) is 21.1. The summed E-state index contributed by atoms with van der Waals surface area (Å²) in [5, 5.41) is 0. The number of benzene rings is 2. The summed E-state index contributed by atoms with van der Waals surface area (Å²) >= 11 is 0. The topological polar surface area (TPSA) is 43.9 Å². The first-order chi connectivity index (χ1) is 14.1. The van der Waals surface area contributed by atoms with Crippen molar-refractivity contribution < 1.29 is 14.0 Å². The van der Waals surface area contributed by atoms with Gasteiger partial charge in [0.15, 0.2) is 0 Å². The van der Waals surface area contributed by atoms with Crippen LogP contribution in [0.4, 0.5) is 10.1 Å². The van der Waals surface area contributed by atoms with Gasteiger partial charge in [-0.2, -0.15) is 0 Å². The van der Waals surface area contributed by atoms with Gasteiger partial charge in [-0.05, 0) is 49.2 Å². The van der Waals surface area contributed by atoms with Crippen LogP contribution < -0.4 is 4.90 Å². The molecule has 2 fully saturated rings. The van der Waals surface area contributed by atoms with E-state index in [1.807, 2.05) is 6.07 Å². The fraction of sp³-hybridized carbons (Fsp3) is 0.391. The highest BCUT2D eigenvalue weighted by molar-refractivity contribution is 6.22. The summed E-state index contributed by atoms with van der Waals surface area (Å²) in [6.07, 6.45) is 2.39. The van der Waals surface area contributed by atoms with Gasteiger partial charge in [-0.3, -0.25) is 14.5 Å². The van der Waals surface area contributed by atoms with Crippen LogP contribution in [0.5, 0.6) is 0 Å². The fourth-order valence-corrected chi connectivity index (χ4v) is 4.21. The first-order valence-corrected chi connectivity index (χ1v) is 10.2. The van der Waals surface area contributed by atoms with Gasteiger partial charge in [0.05, 0.1) is 18.2 Å². The summed E-state index contributed by atoms with van der Waals surface area (Å²) < 4.78 is 13.2. The standard InChI is InChI=1S/C23H26FN3O2/c24-19-8-10-20(11-9-19)27-22(28)17-21(23(27)29)26-15-13-25(14-16-26)12-4-7-18-5-2-1-3-6-18/h1-3,5-6,8-11,21H,4,7,12-17H2. The summed E-state index contributed by atoms with van der Waals surface area (Å²) in [7, 11) is 0. The van der Waals surface area contributed by atoms with Gasteiger partial charge in [0.25, 0.3) is 5.91 Å². The van der Waals surface area contributed by atoms with E-state index in [0.717, 1.165) is 45.6 Å². The maximum atomic E-state index is 13.2. The molecule has 5 nitrogen and oxygen atoms in total. The number of halogens is 1. The fourth-order valence-electron chi connectivity index (χ4n) is 4.21. The van der Waals surface area contributed by atoms with Crippen LogP contribution in [0.15, 0.2) is 54.6 Å². The summed E-state index contributed by atoms with van der Waals surface area (Å²) in [5.41, 5.74) is 1.81. The maximum absolute atomic E-state index is 13.2. The number of nitrogens with zero attached hydrogens (tertiary/aromatic N) is 3. The van der Waals surface area contributed by atoms with Gasteiger partial charge in [-0.1, -0.05) is 30.3 Å². The zero-order chi connectivity index (χ0) is 20.2. The van der Waals surface area contributed by atoms with Crippen LogP contribution in [0.1, 0.15) is 18.4 Å². The highest BCUT2D eigenvalue weighted by Crippen LogP contribution is 2.26. The molecular formula is C23H26FN3O2. The van der Waals surface area contributed by atoms with Crippen molar-refractivity contribution in [3.05, 3.63) is 66.0 Å². The van der Waals surface area contributed by atoms with E-state index in [1.54, 1.807) is 0 Å². The Morgan fingerprint density at radius 2 is 1.59 bits per heavy atom. The van der Waals surface area contributed by atoms with E-state index >= 15 is 0 Å². The van der Waals surface area contributed by atoms with Gasteiger partial charge in [0.1, 0.15) is 5.82 Å². The van der Waals surface area contributed by atoms with Crippen molar-refractivity contribution in [3.8, 4) is 0 Å². The van der Waals surface area contributed by atoms with Crippen molar-refractivity contribution in [2.24, 2.45) is 0 Å². The minimum atomic E-state index is -0.404. The number of aryl methyl sites for hydroxylation is 1. The lowest BCUT2D eigenvalue weighted by atomic mass is 10.1. The van der Waals surface area contributed by atoms with Crippen LogP contribution in [-0.4, -0.2) is 60.4 Å². The number of piperazine rings is 1. The van der Waals surface area contributed by atoms with Crippen molar-refractivity contribution in [2.75, 3.05) is 37.6 Å². The lowest BCUT2D eigenvalue weighted by molar-refractivity contribution is -0.123. The van der Waals surface area contributed by atoms with Crippen molar-refractivity contribution in [1.29, 1.82) is 0 Å². The molecule has 0 bridgehead atoms. The summed E-state index contributed by atoms with van der Waals surface area (Å²) in [6, 6.07) is 15.6. The molecule has 2 aromatic carbocycles. The molecule has 2 aliphatic rings. The third-order valence-electron chi connectivity index (χ3n) is 5.84. The molecule has 1 unspecified atom stereocenters. The molecule has 2 aromatic rings. The summed E-state index contributed by atoms with van der Waals surface area (Å²) in [6.45, 7) is 4.42. The number of hydrogen-bond acceptors (Lipinski definition) is 4. The molecular weight excluding hydrogens is 369 g/mol. The zero-order valence-electron chi connectivity index (χ0n) is 16.5. The average Bonchev–Trinajstić information content (AvgIpc) is 3.04. The van der Waals surface area contributed by atoms with Crippen LogP contribution in [0.25, 0.3) is 0 Å². The zero-order valence-corrected chi connectivity index (χ0v) is 16.5. The molecule has 2 aliphatic heterocycles. The molecule has 0 saturated carbocycles. The van der Waals surface area contributed by atoms with E-state index in [1.165, 1.54) is 34.7 Å². The molecule has 0 spiro atoms. The van der Waals surface area contributed by atoms with Crippen LogP contribution in [0.3, 0.4) is 0 Å². The molecule has 29 heavy (non-hydrogen) atoms. The number of anilines is 1. The second-order valence-corrected chi connectivity index (χ2v) is 7.73. The van der Waals surface area contributed by atoms with Crippen molar-refractivity contribution in [1.82, 2.24) is 9.80 Å². The number of carbonyl (C=O) groups is 2. The van der Waals surface area contributed by atoms with Crippen molar-refractivity contribution >= 4 is 17.5 Å². The molecule has 152 valence electrons. The quantitative estimate of drug-likeness (QED) is 0.706. The Hall–Kier alpha value is -2.57. The third kappa shape index (κ3) is 4.54. The number of amides is 2. The first-order valence-electron chi connectivity index (χ1n) is 10.2. The van der Waals surface area contributed by atoms with Crippen LogP contribution in [0, 0.1) is 5.82 Å². The minimum Gasteiger partial charge on any atom is -0.301 e. The Bertz CT molecular complexity index is 848. The molecule has 4 rings (SSSR count). The smallest absolute Gasteiger partial charge is 0.251 e.